The molecule has 20 heavy (non-hydrogen) atoms. The minimum absolute atomic E-state index is 0.161. The van der Waals surface area contributed by atoms with Gasteiger partial charge in [0.2, 0.25) is 0 Å². The van der Waals surface area contributed by atoms with Crippen LogP contribution in [0.15, 0.2) is 18.2 Å². The zero-order chi connectivity index (χ0) is 14.4. The molecule has 2 unspecified atom stereocenters. The number of nitrogens with one attached hydrogen (secondary N) is 1. The predicted molar refractivity (Wildman–Crippen MR) is 82.6 cm³/mol. The van der Waals surface area contributed by atoms with Gasteiger partial charge in [0.05, 0.1) is 19.3 Å². The lowest BCUT2D eigenvalue weighted by atomic mass is 9.95. The van der Waals surface area contributed by atoms with E-state index in [0.717, 1.165) is 48.7 Å². The quantitative estimate of drug-likeness (QED) is 0.862. The van der Waals surface area contributed by atoms with Crippen molar-refractivity contribution in [1.29, 1.82) is 0 Å². The van der Waals surface area contributed by atoms with Gasteiger partial charge in [-0.3, -0.25) is 0 Å². The molecule has 0 saturated carbocycles. The van der Waals surface area contributed by atoms with Gasteiger partial charge in [0.25, 0.3) is 0 Å². The van der Waals surface area contributed by atoms with E-state index in [1.54, 1.807) is 7.11 Å². The summed E-state index contributed by atoms with van der Waals surface area (Å²) in [7, 11) is 1.66. The minimum Gasteiger partial charge on any atom is -0.497 e. The van der Waals surface area contributed by atoms with Crippen LogP contribution in [0.5, 0.6) is 5.75 Å². The molecule has 1 aliphatic heterocycles. The van der Waals surface area contributed by atoms with Crippen molar-refractivity contribution in [1.82, 2.24) is 5.32 Å². The molecule has 1 saturated heterocycles. The summed E-state index contributed by atoms with van der Waals surface area (Å²) in [6.07, 6.45) is 4.78. The Morgan fingerprint density at radius 1 is 1.45 bits per heavy atom. The molecule has 0 radical (unpaired) electrons. The first-order valence-electron chi connectivity index (χ1n) is 7.44. The first-order valence-corrected chi connectivity index (χ1v) is 7.82. The topological polar surface area (TPSA) is 30.5 Å². The van der Waals surface area contributed by atoms with Gasteiger partial charge in [-0.15, -0.1) is 0 Å². The fourth-order valence-electron chi connectivity index (χ4n) is 2.66. The van der Waals surface area contributed by atoms with Crippen LogP contribution in [0.25, 0.3) is 0 Å². The Hall–Kier alpha value is -0.770. The third-order valence-electron chi connectivity index (χ3n) is 3.74. The van der Waals surface area contributed by atoms with Gasteiger partial charge in [-0.05, 0) is 49.9 Å². The second-order valence-corrected chi connectivity index (χ2v) is 5.63. The molecular formula is C16H24ClNO2. The molecular weight excluding hydrogens is 274 g/mol. The molecule has 0 aliphatic carbocycles. The van der Waals surface area contributed by atoms with E-state index in [9.17, 15) is 0 Å². The summed E-state index contributed by atoms with van der Waals surface area (Å²) in [5, 5.41) is 4.33. The molecule has 112 valence electrons. The van der Waals surface area contributed by atoms with E-state index >= 15 is 0 Å². The van der Waals surface area contributed by atoms with Gasteiger partial charge in [-0.25, -0.2) is 0 Å². The molecule has 1 N–H and O–H groups in total. The molecule has 1 aromatic carbocycles. The summed E-state index contributed by atoms with van der Waals surface area (Å²) in [6.45, 7) is 3.98. The molecule has 0 bridgehead atoms. The zero-order valence-corrected chi connectivity index (χ0v) is 13.1. The lowest BCUT2D eigenvalue weighted by Crippen LogP contribution is -2.36. The Morgan fingerprint density at radius 3 is 2.90 bits per heavy atom. The van der Waals surface area contributed by atoms with Crippen LogP contribution in [-0.2, 0) is 4.74 Å². The van der Waals surface area contributed by atoms with E-state index in [2.05, 4.69) is 12.2 Å². The van der Waals surface area contributed by atoms with Crippen molar-refractivity contribution in [3.63, 3.8) is 0 Å². The number of ether oxygens (including phenoxy) is 2. The number of benzene rings is 1. The van der Waals surface area contributed by atoms with E-state index in [1.165, 1.54) is 6.42 Å². The number of rotatable bonds is 6. The minimum atomic E-state index is 0.161. The Bertz CT molecular complexity index is 419. The second-order valence-electron chi connectivity index (χ2n) is 5.22. The van der Waals surface area contributed by atoms with Crippen molar-refractivity contribution in [2.24, 2.45) is 0 Å². The molecule has 0 spiro atoms. The van der Waals surface area contributed by atoms with E-state index in [4.69, 9.17) is 21.1 Å². The number of hydrogen-bond donors (Lipinski definition) is 1. The van der Waals surface area contributed by atoms with Crippen molar-refractivity contribution >= 4 is 11.6 Å². The highest BCUT2D eigenvalue weighted by Crippen LogP contribution is 2.33. The molecule has 1 aliphatic rings. The average molecular weight is 298 g/mol. The fourth-order valence-corrected chi connectivity index (χ4v) is 2.95. The van der Waals surface area contributed by atoms with Crippen LogP contribution in [0.3, 0.4) is 0 Å². The van der Waals surface area contributed by atoms with E-state index in [1.807, 2.05) is 18.2 Å². The molecule has 2 atom stereocenters. The Labute approximate surface area is 126 Å². The van der Waals surface area contributed by atoms with Crippen LogP contribution in [0.4, 0.5) is 0 Å². The van der Waals surface area contributed by atoms with Gasteiger partial charge in [0.15, 0.2) is 0 Å². The van der Waals surface area contributed by atoms with Gasteiger partial charge < -0.3 is 14.8 Å². The maximum absolute atomic E-state index is 6.43. The first-order chi connectivity index (χ1) is 9.76. The summed E-state index contributed by atoms with van der Waals surface area (Å²) in [5.74, 6) is 0.789. The van der Waals surface area contributed by atoms with Crippen LogP contribution >= 0.6 is 11.6 Å². The summed E-state index contributed by atoms with van der Waals surface area (Å²) in [4.78, 5) is 0. The molecule has 3 nitrogen and oxygen atoms in total. The van der Waals surface area contributed by atoms with Gasteiger partial charge in [0, 0.05) is 11.6 Å². The maximum Gasteiger partial charge on any atom is 0.120 e. The van der Waals surface area contributed by atoms with E-state index < -0.39 is 0 Å². The third-order valence-corrected chi connectivity index (χ3v) is 4.07. The number of methoxy groups -OCH3 is 1. The molecule has 4 heteroatoms. The van der Waals surface area contributed by atoms with Gasteiger partial charge in [0.1, 0.15) is 5.75 Å². The highest BCUT2D eigenvalue weighted by atomic mass is 35.5. The van der Waals surface area contributed by atoms with Crippen molar-refractivity contribution in [2.75, 3.05) is 20.3 Å². The standard InChI is InChI=1S/C16H24ClNO2/c1-3-9-18-16(15-6-4-5-10-20-15)13-8-7-12(19-2)11-14(13)17/h7-8,11,15-16,18H,3-6,9-10H2,1-2H3. The second kappa shape index (κ2) is 7.87. The lowest BCUT2D eigenvalue weighted by Gasteiger charge is -2.32. The van der Waals surface area contributed by atoms with Gasteiger partial charge in [-0.2, -0.15) is 0 Å². The summed E-state index contributed by atoms with van der Waals surface area (Å²) in [5.41, 5.74) is 1.10. The van der Waals surface area contributed by atoms with Crippen molar-refractivity contribution in [2.45, 2.75) is 44.8 Å². The fraction of sp³-hybridized carbons (Fsp3) is 0.625. The summed E-state index contributed by atoms with van der Waals surface area (Å²) < 4.78 is 11.2. The molecule has 0 amide bonds. The van der Waals surface area contributed by atoms with Crippen LogP contribution in [0, 0.1) is 0 Å². The van der Waals surface area contributed by atoms with Gasteiger partial charge in [-0.1, -0.05) is 24.6 Å². The Balaban J connectivity index is 2.20. The monoisotopic (exact) mass is 297 g/mol. The van der Waals surface area contributed by atoms with Crippen LogP contribution in [-0.4, -0.2) is 26.4 Å². The molecule has 1 heterocycles. The third kappa shape index (κ3) is 3.87. The van der Waals surface area contributed by atoms with Crippen molar-refractivity contribution < 1.29 is 9.47 Å². The lowest BCUT2D eigenvalue weighted by molar-refractivity contribution is -0.00814. The van der Waals surface area contributed by atoms with Crippen LogP contribution < -0.4 is 10.1 Å². The summed E-state index contributed by atoms with van der Waals surface area (Å²) in [6, 6.07) is 6.05. The highest BCUT2D eigenvalue weighted by Gasteiger charge is 2.27. The molecule has 1 aromatic rings. The predicted octanol–water partition coefficient (Wildman–Crippen LogP) is 3.96. The summed E-state index contributed by atoms with van der Waals surface area (Å²) >= 11 is 6.43. The highest BCUT2D eigenvalue weighted by molar-refractivity contribution is 6.31. The number of halogens is 1. The van der Waals surface area contributed by atoms with E-state index in [0.29, 0.717) is 0 Å². The Morgan fingerprint density at radius 2 is 2.30 bits per heavy atom. The van der Waals surface area contributed by atoms with Crippen molar-refractivity contribution in [3.8, 4) is 5.75 Å². The van der Waals surface area contributed by atoms with Gasteiger partial charge >= 0.3 is 0 Å². The van der Waals surface area contributed by atoms with Crippen LogP contribution in [0.1, 0.15) is 44.2 Å². The molecule has 2 rings (SSSR count). The van der Waals surface area contributed by atoms with Crippen molar-refractivity contribution in [3.05, 3.63) is 28.8 Å². The normalized spacial score (nSPS) is 20.6. The molecule has 0 aromatic heterocycles. The number of hydrogen-bond acceptors (Lipinski definition) is 3. The zero-order valence-electron chi connectivity index (χ0n) is 12.3. The van der Waals surface area contributed by atoms with Crippen LogP contribution in [0.2, 0.25) is 5.02 Å². The first kappa shape index (κ1) is 15.6. The largest absolute Gasteiger partial charge is 0.497 e. The Kier molecular flexibility index (Phi) is 6.14. The maximum atomic E-state index is 6.43. The van der Waals surface area contributed by atoms with E-state index in [-0.39, 0.29) is 12.1 Å². The average Bonchev–Trinajstić information content (AvgIpc) is 2.50. The smallest absolute Gasteiger partial charge is 0.120 e. The molecule has 1 fully saturated rings. The SMILES string of the molecule is CCCNC(c1ccc(OC)cc1Cl)C1CCCCO1.